The first kappa shape index (κ1) is 18.9. The van der Waals surface area contributed by atoms with Crippen LogP contribution in [0.1, 0.15) is 34.7 Å². The Morgan fingerprint density at radius 3 is 2.52 bits per heavy atom. The van der Waals surface area contributed by atoms with E-state index in [1.807, 2.05) is 79.9 Å². The molecule has 0 bridgehead atoms. The van der Waals surface area contributed by atoms with Crippen LogP contribution in [-0.4, -0.2) is 26.5 Å². The number of fused-ring (bicyclic) bond motifs is 1. The molecule has 5 heteroatoms. The lowest BCUT2D eigenvalue weighted by Crippen LogP contribution is -2.36. The normalized spacial score (nSPS) is 13.2. The van der Waals surface area contributed by atoms with Gasteiger partial charge in [-0.05, 0) is 37.6 Å². The van der Waals surface area contributed by atoms with Crippen LogP contribution in [0, 0.1) is 6.92 Å². The van der Waals surface area contributed by atoms with Gasteiger partial charge in [-0.3, -0.25) is 9.20 Å². The molecule has 0 fully saturated rings. The molecular weight excluding hydrogens is 362 g/mol. The van der Waals surface area contributed by atoms with E-state index in [9.17, 15) is 9.90 Å². The van der Waals surface area contributed by atoms with Crippen molar-refractivity contribution < 1.29 is 9.90 Å². The van der Waals surface area contributed by atoms with Crippen LogP contribution in [0.15, 0.2) is 79.0 Å². The summed E-state index contributed by atoms with van der Waals surface area (Å²) in [5.41, 5.74) is 4.55. The van der Waals surface area contributed by atoms with Crippen molar-refractivity contribution >= 4 is 11.4 Å². The Morgan fingerprint density at radius 1 is 1.03 bits per heavy atom. The molecule has 2 aromatic carbocycles. The van der Waals surface area contributed by atoms with Crippen molar-refractivity contribution in [3.63, 3.8) is 0 Å². The monoisotopic (exact) mass is 385 g/mol. The van der Waals surface area contributed by atoms with Crippen molar-refractivity contribution in [2.45, 2.75) is 26.0 Å². The number of pyridine rings is 1. The number of hydrogen-bond donors (Lipinski definition) is 2. The van der Waals surface area contributed by atoms with Gasteiger partial charge >= 0.3 is 0 Å². The van der Waals surface area contributed by atoms with Crippen LogP contribution >= 0.6 is 0 Å². The molecule has 146 valence electrons. The zero-order valence-corrected chi connectivity index (χ0v) is 16.4. The van der Waals surface area contributed by atoms with E-state index in [0.717, 1.165) is 27.9 Å². The minimum Gasteiger partial charge on any atom is -0.391 e. The Hall–Kier alpha value is -3.44. The summed E-state index contributed by atoms with van der Waals surface area (Å²) in [5, 5.41) is 13.2. The van der Waals surface area contributed by atoms with E-state index in [2.05, 4.69) is 16.4 Å². The molecule has 5 nitrogen and oxygen atoms in total. The smallest absolute Gasteiger partial charge is 0.288 e. The maximum atomic E-state index is 13.2. The SMILES string of the molecule is Cc1cccc(-c2nc(C(=O)N[C@H](c3ccccc3)C(C)O)n3ccccc23)c1. The maximum Gasteiger partial charge on any atom is 0.288 e. The van der Waals surface area contributed by atoms with Crippen molar-refractivity contribution in [2.24, 2.45) is 0 Å². The Labute approximate surface area is 169 Å². The maximum absolute atomic E-state index is 13.2. The molecule has 2 atom stereocenters. The zero-order chi connectivity index (χ0) is 20.4. The molecule has 0 radical (unpaired) electrons. The molecule has 0 saturated carbocycles. The quantitative estimate of drug-likeness (QED) is 0.542. The van der Waals surface area contributed by atoms with Gasteiger partial charge < -0.3 is 10.4 Å². The number of carbonyl (C=O) groups is 1. The second kappa shape index (κ2) is 7.89. The van der Waals surface area contributed by atoms with Crippen LogP contribution in [0.4, 0.5) is 0 Å². The van der Waals surface area contributed by atoms with Crippen molar-refractivity contribution in [1.29, 1.82) is 0 Å². The molecular formula is C24H23N3O2. The third kappa shape index (κ3) is 3.77. The lowest BCUT2D eigenvalue weighted by Gasteiger charge is -2.21. The average Bonchev–Trinajstić information content (AvgIpc) is 3.12. The number of rotatable bonds is 5. The van der Waals surface area contributed by atoms with Crippen molar-refractivity contribution in [2.75, 3.05) is 0 Å². The summed E-state index contributed by atoms with van der Waals surface area (Å²) in [6.45, 7) is 3.70. The summed E-state index contributed by atoms with van der Waals surface area (Å²) in [6, 6.07) is 22.7. The van der Waals surface area contributed by atoms with Crippen LogP contribution < -0.4 is 5.32 Å². The fourth-order valence-electron chi connectivity index (χ4n) is 3.55. The number of amides is 1. The van der Waals surface area contributed by atoms with Gasteiger partial charge in [-0.1, -0.05) is 60.2 Å². The third-order valence-corrected chi connectivity index (χ3v) is 4.97. The van der Waals surface area contributed by atoms with E-state index in [4.69, 9.17) is 0 Å². The number of aryl methyl sites for hydroxylation is 1. The number of aliphatic hydroxyl groups excluding tert-OH is 1. The minimum atomic E-state index is -0.746. The van der Waals surface area contributed by atoms with Gasteiger partial charge in [-0.2, -0.15) is 0 Å². The number of carbonyl (C=O) groups excluding carboxylic acids is 1. The molecule has 2 heterocycles. The Bertz CT molecular complexity index is 1150. The highest BCUT2D eigenvalue weighted by atomic mass is 16.3. The summed E-state index contributed by atoms with van der Waals surface area (Å²) in [7, 11) is 0. The second-order valence-corrected chi connectivity index (χ2v) is 7.21. The van der Waals surface area contributed by atoms with Gasteiger partial charge in [-0.25, -0.2) is 4.98 Å². The highest BCUT2D eigenvalue weighted by molar-refractivity contribution is 5.94. The number of benzene rings is 2. The molecule has 2 N–H and O–H groups in total. The Morgan fingerprint density at radius 2 is 1.79 bits per heavy atom. The van der Waals surface area contributed by atoms with Crippen molar-refractivity contribution in [3.05, 3.63) is 95.9 Å². The molecule has 29 heavy (non-hydrogen) atoms. The standard InChI is InChI=1S/C24H23N3O2/c1-16-9-8-12-19(15-16)22-20-13-6-7-14-27(20)23(25-22)24(29)26-21(17(2)28)18-10-4-3-5-11-18/h3-15,17,21,28H,1-2H3,(H,26,29)/t17?,21-/m0/s1. The largest absolute Gasteiger partial charge is 0.391 e. The highest BCUT2D eigenvalue weighted by Crippen LogP contribution is 2.26. The first-order valence-corrected chi connectivity index (χ1v) is 9.62. The summed E-state index contributed by atoms with van der Waals surface area (Å²) in [4.78, 5) is 17.8. The van der Waals surface area contributed by atoms with Crippen molar-refractivity contribution in [3.8, 4) is 11.3 Å². The zero-order valence-electron chi connectivity index (χ0n) is 16.4. The van der Waals surface area contributed by atoms with Gasteiger partial charge in [0.25, 0.3) is 5.91 Å². The molecule has 0 aliphatic rings. The lowest BCUT2D eigenvalue weighted by atomic mass is 10.0. The van der Waals surface area contributed by atoms with E-state index in [-0.39, 0.29) is 5.91 Å². The van der Waals surface area contributed by atoms with E-state index in [1.54, 1.807) is 11.3 Å². The number of nitrogens with one attached hydrogen (secondary N) is 1. The Balaban J connectivity index is 1.75. The summed E-state index contributed by atoms with van der Waals surface area (Å²) < 4.78 is 1.79. The topological polar surface area (TPSA) is 66.6 Å². The molecule has 4 aromatic rings. The fraction of sp³-hybridized carbons (Fsp3) is 0.167. The van der Waals surface area contributed by atoms with Gasteiger partial charge in [0.2, 0.25) is 5.82 Å². The van der Waals surface area contributed by atoms with E-state index < -0.39 is 12.1 Å². The minimum absolute atomic E-state index is 0.290. The molecule has 0 spiro atoms. The van der Waals surface area contributed by atoms with Crippen LogP contribution in [0.2, 0.25) is 0 Å². The van der Waals surface area contributed by atoms with Gasteiger partial charge in [-0.15, -0.1) is 0 Å². The summed E-state index contributed by atoms with van der Waals surface area (Å²) in [5.74, 6) is -0.0430. The summed E-state index contributed by atoms with van der Waals surface area (Å²) >= 11 is 0. The predicted octanol–water partition coefficient (Wildman–Crippen LogP) is 4.16. The van der Waals surface area contributed by atoms with Crippen LogP contribution in [0.25, 0.3) is 16.8 Å². The third-order valence-electron chi connectivity index (χ3n) is 4.97. The number of aromatic nitrogens is 2. The number of aliphatic hydroxyl groups is 1. The fourth-order valence-corrected chi connectivity index (χ4v) is 3.55. The van der Waals surface area contributed by atoms with Crippen LogP contribution in [-0.2, 0) is 0 Å². The number of hydrogen-bond acceptors (Lipinski definition) is 3. The molecule has 4 rings (SSSR count). The van der Waals surface area contributed by atoms with Gasteiger partial charge in [0.05, 0.1) is 23.4 Å². The molecule has 0 aliphatic carbocycles. The number of nitrogens with zero attached hydrogens (tertiary/aromatic N) is 2. The van der Waals surface area contributed by atoms with Crippen LogP contribution in [0.5, 0.6) is 0 Å². The van der Waals surface area contributed by atoms with E-state index in [0.29, 0.717) is 5.82 Å². The predicted molar refractivity (Wildman–Crippen MR) is 114 cm³/mol. The van der Waals surface area contributed by atoms with Gasteiger partial charge in [0, 0.05) is 11.8 Å². The lowest BCUT2D eigenvalue weighted by molar-refractivity contribution is 0.0847. The van der Waals surface area contributed by atoms with Gasteiger partial charge in [0.1, 0.15) is 0 Å². The molecule has 1 amide bonds. The Kier molecular flexibility index (Phi) is 5.14. The van der Waals surface area contributed by atoms with Crippen molar-refractivity contribution in [1.82, 2.24) is 14.7 Å². The first-order chi connectivity index (χ1) is 14.0. The number of imidazole rings is 1. The molecule has 1 unspecified atom stereocenters. The van der Waals surface area contributed by atoms with Gasteiger partial charge in [0.15, 0.2) is 0 Å². The molecule has 2 aromatic heterocycles. The average molecular weight is 385 g/mol. The first-order valence-electron chi connectivity index (χ1n) is 9.62. The van der Waals surface area contributed by atoms with E-state index >= 15 is 0 Å². The van der Waals surface area contributed by atoms with E-state index in [1.165, 1.54) is 0 Å². The molecule has 0 saturated heterocycles. The highest BCUT2D eigenvalue weighted by Gasteiger charge is 2.24. The molecule has 0 aliphatic heterocycles. The summed E-state index contributed by atoms with van der Waals surface area (Å²) in [6.07, 6.45) is 1.08. The van der Waals surface area contributed by atoms with Crippen LogP contribution in [0.3, 0.4) is 0 Å². The second-order valence-electron chi connectivity index (χ2n) is 7.21.